The number of ether oxygens (including phenoxy) is 1. The van der Waals surface area contributed by atoms with Gasteiger partial charge in [-0.25, -0.2) is 0 Å². The average molecular weight is 230 g/mol. The van der Waals surface area contributed by atoms with Gasteiger partial charge in [0, 0.05) is 10.5 Å². The van der Waals surface area contributed by atoms with Crippen molar-refractivity contribution in [1.82, 2.24) is 0 Å². The molecule has 2 nitrogen and oxygen atoms in total. The molecule has 0 spiro atoms. The third-order valence-corrected chi connectivity index (χ3v) is 1.80. The van der Waals surface area contributed by atoms with Crippen molar-refractivity contribution in [2.75, 3.05) is 6.61 Å². The molecule has 0 heterocycles. The van der Waals surface area contributed by atoms with E-state index in [0.717, 1.165) is 10.2 Å². The predicted molar refractivity (Wildman–Crippen MR) is 53.3 cm³/mol. The highest BCUT2D eigenvalue weighted by Gasteiger charge is 1.96. The van der Waals surface area contributed by atoms with Crippen LogP contribution >= 0.6 is 15.9 Å². The topological polar surface area (TPSA) is 35.2 Å². The highest BCUT2D eigenvalue weighted by molar-refractivity contribution is 9.10. The number of hydrogen-bond donors (Lipinski definition) is 1. The van der Waals surface area contributed by atoms with Gasteiger partial charge in [0.1, 0.15) is 12.4 Å². The van der Waals surface area contributed by atoms with E-state index in [4.69, 9.17) is 10.5 Å². The van der Waals surface area contributed by atoms with Crippen LogP contribution in [-0.2, 0) is 0 Å². The summed E-state index contributed by atoms with van der Waals surface area (Å²) in [6, 6.07) is 7.79. The lowest BCUT2D eigenvalue weighted by Crippen LogP contribution is -2.23. The second-order valence-electron chi connectivity index (χ2n) is 2.75. The molecule has 0 aromatic heterocycles. The van der Waals surface area contributed by atoms with Gasteiger partial charge in [-0.3, -0.25) is 0 Å². The predicted octanol–water partition coefficient (Wildman–Crippen LogP) is 2.18. The fraction of sp³-hybridized carbons (Fsp3) is 0.333. The normalized spacial score (nSPS) is 12.6. The molecule has 0 aliphatic rings. The number of nitrogens with two attached hydrogens (primary N) is 1. The summed E-state index contributed by atoms with van der Waals surface area (Å²) in [5.74, 6) is 0.849. The van der Waals surface area contributed by atoms with Gasteiger partial charge in [0.25, 0.3) is 0 Å². The maximum atomic E-state index is 5.54. The van der Waals surface area contributed by atoms with Gasteiger partial charge in [-0.15, -0.1) is 0 Å². The molecule has 3 heteroatoms. The number of hydrogen-bond acceptors (Lipinski definition) is 2. The average Bonchev–Trinajstić information content (AvgIpc) is 2.01. The van der Waals surface area contributed by atoms with Gasteiger partial charge < -0.3 is 10.5 Å². The van der Waals surface area contributed by atoms with E-state index in [1.54, 1.807) is 0 Å². The van der Waals surface area contributed by atoms with Crippen molar-refractivity contribution < 1.29 is 4.74 Å². The zero-order chi connectivity index (χ0) is 8.97. The fourth-order valence-corrected chi connectivity index (χ4v) is 1.16. The lowest BCUT2D eigenvalue weighted by atomic mass is 10.3. The first kappa shape index (κ1) is 9.55. The highest BCUT2D eigenvalue weighted by atomic mass is 79.9. The molecule has 12 heavy (non-hydrogen) atoms. The monoisotopic (exact) mass is 229 g/mol. The molecule has 0 amide bonds. The van der Waals surface area contributed by atoms with Crippen molar-refractivity contribution in [2.24, 2.45) is 5.73 Å². The summed E-state index contributed by atoms with van der Waals surface area (Å²) in [7, 11) is 0. The lowest BCUT2D eigenvalue weighted by Gasteiger charge is -2.08. The van der Waals surface area contributed by atoms with Crippen molar-refractivity contribution >= 4 is 15.9 Å². The molecule has 0 aliphatic carbocycles. The van der Waals surface area contributed by atoms with E-state index in [2.05, 4.69) is 15.9 Å². The Morgan fingerprint density at radius 3 is 2.92 bits per heavy atom. The standard InChI is InChI=1S/C9H12BrNO/c1-7(11)6-12-9-4-2-3-8(10)5-9/h2-5,7H,6,11H2,1H3/t7-/m0/s1. The molecule has 0 radical (unpaired) electrons. The Morgan fingerprint density at radius 2 is 2.33 bits per heavy atom. The summed E-state index contributed by atoms with van der Waals surface area (Å²) < 4.78 is 6.41. The second kappa shape index (κ2) is 4.48. The number of rotatable bonds is 3. The molecule has 1 rings (SSSR count). The van der Waals surface area contributed by atoms with Crippen LogP contribution in [-0.4, -0.2) is 12.6 Å². The minimum atomic E-state index is 0.0731. The molecule has 1 aromatic carbocycles. The molecular formula is C9H12BrNO. The Labute approximate surface area is 80.8 Å². The van der Waals surface area contributed by atoms with Crippen molar-refractivity contribution in [3.05, 3.63) is 28.7 Å². The van der Waals surface area contributed by atoms with Gasteiger partial charge in [0.15, 0.2) is 0 Å². The Balaban J connectivity index is 2.52. The fourth-order valence-electron chi connectivity index (χ4n) is 0.784. The summed E-state index contributed by atoms with van der Waals surface area (Å²) in [6.07, 6.45) is 0. The molecule has 0 aliphatic heterocycles. The zero-order valence-corrected chi connectivity index (χ0v) is 8.54. The van der Waals surface area contributed by atoms with Gasteiger partial charge in [-0.05, 0) is 25.1 Å². The smallest absolute Gasteiger partial charge is 0.120 e. The quantitative estimate of drug-likeness (QED) is 0.863. The van der Waals surface area contributed by atoms with E-state index >= 15 is 0 Å². The molecule has 0 fully saturated rings. The van der Waals surface area contributed by atoms with Crippen LogP contribution in [0, 0.1) is 0 Å². The van der Waals surface area contributed by atoms with Gasteiger partial charge in [-0.1, -0.05) is 22.0 Å². The van der Waals surface area contributed by atoms with E-state index in [0.29, 0.717) is 6.61 Å². The SMILES string of the molecule is C[C@H](N)COc1cccc(Br)c1. The lowest BCUT2D eigenvalue weighted by molar-refractivity contribution is 0.296. The van der Waals surface area contributed by atoms with Gasteiger partial charge >= 0.3 is 0 Å². The molecular weight excluding hydrogens is 218 g/mol. The molecule has 0 unspecified atom stereocenters. The molecule has 0 saturated carbocycles. The van der Waals surface area contributed by atoms with Crippen LogP contribution in [0.1, 0.15) is 6.92 Å². The molecule has 1 atom stereocenters. The Bertz CT molecular complexity index is 250. The molecule has 66 valence electrons. The summed E-state index contributed by atoms with van der Waals surface area (Å²) in [4.78, 5) is 0. The van der Waals surface area contributed by atoms with Gasteiger partial charge in [0.2, 0.25) is 0 Å². The van der Waals surface area contributed by atoms with Gasteiger partial charge in [0.05, 0.1) is 0 Å². The summed E-state index contributed by atoms with van der Waals surface area (Å²) in [5, 5.41) is 0. The maximum absolute atomic E-state index is 5.54. The van der Waals surface area contributed by atoms with Crippen molar-refractivity contribution in [3.63, 3.8) is 0 Å². The van der Waals surface area contributed by atoms with Crippen LogP contribution in [0.2, 0.25) is 0 Å². The van der Waals surface area contributed by atoms with Crippen molar-refractivity contribution in [1.29, 1.82) is 0 Å². The summed E-state index contributed by atoms with van der Waals surface area (Å²) in [5.41, 5.74) is 5.54. The van der Waals surface area contributed by atoms with E-state index in [-0.39, 0.29) is 6.04 Å². The maximum Gasteiger partial charge on any atom is 0.120 e. The third-order valence-electron chi connectivity index (χ3n) is 1.31. The molecule has 0 saturated heterocycles. The van der Waals surface area contributed by atoms with Gasteiger partial charge in [-0.2, -0.15) is 0 Å². The van der Waals surface area contributed by atoms with E-state index in [1.807, 2.05) is 31.2 Å². The Morgan fingerprint density at radius 1 is 1.58 bits per heavy atom. The highest BCUT2D eigenvalue weighted by Crippen LogP contribution is 2.17. The summed E-state index contributed by atoms with van der Waals surface area (Å²) >= 11 is 3.36. The van der Waals surface area contributed by atoms with Crippen LogP contribution in [0.25, 0.3) is 0 Å². The first-order valence-electron chi connectivity index (χ1n) is 3.82. The first-order chi connectivity index (χ1) is 5.68. The number of halogens is 1. The van der Waals surface area contributed by atoms with Crippen LogP contribution in [0.3, 0.4) is 0 Å². The molecule has 1 aromatic rings. The Hall–Kier alpha value is -0.540. The molecule has 2 N–H and O–H groups in total. The van der Waals surface area contributed by atoms with E-state index < -0.39 is 0 Å². The third kappa shape index (κ3) is 3.24. The Kier molecular flexibility index (Phi) is 3.56. The largest absolute Gasteiger partial charge is 0.492 e. The minimum Gasteiger partial charge on any atom is -0.492 e. The molecule has 0 bridgehead atoms. The minimum absolute atomic E-state index is 0.0731. The van der Waals surface area contributed by atoms with Crippen LogP contribution in [0.4, 0.5) is 0 Å². The van der Waals surface area contributed by atoms with Crippen LogP contribution in [0.15, 0.2) is 28.7 Å². The first-order valence-corrected chi connectivity index (χ1v) is 4.62. The van der Waals surface area contributed by atoms with Crippen LogP contribution < -0.4 is 10.5 Å². The van der Waals surface area contributed by atoms with E-state index in [9.17, 15) is 0 Å². The zero-order valence-electron chi connectivity index (χ0n) is 6.96. The van der Waals surface area contributed by atoms with Crippen molar-refractivity contribution in [2.45, 2.75) is 13.0 Å². The summed E-state index contributed by atoms with van der Waals surface area (Å²) in [6.45, 7) is 2.47. The van der Waals surface area contributed by atoms with E-state index in [1.165, 1.54) is 0 Å². The van der Waals surface area contributed by atoms with Crippen molar-refractivity contribution in [3.8, 4) is 5.75 Å². The second-order valence-corrected chi connectivity index (χ2v) is 3.66. The number of benzene rings is 1. The van der Waals surface area contributed by atoms with Crippen LogP contribution in [0.5, 0.6) is 5.75 Å².